The Morgan fingerprint density at radius 3 is 2.68 bits per heavy atom. The van der Waals surface area contributed by atoms with Gasteiger partial charge in [0.2, 0.25) is 0 Å². The van der Waals surface area contributed by atoms with Crippen LogP contribution in [0.4, 0.5) is 4.39 Å². The monoisotopic (exact) mass is 341 g/mol. The van der Waals surface area contributed by atoms with Gasteiger partial charge in [0.25, 0.3) is 0 Å². The summed E-state index contributed by atoms with van der Waals surface area (Å²) >= 11 is 7.72. The van der Waals surface area contributed by atoms with E-state index in [-0.39, 0.29) is 5.41 Å². The number of aromatic nitrogens is 3. The first-order chi connectivity index (χ1) is 9.03. The normalized spacial score (nSPS) is 26.2. The molecule has 0 amide bonds. The standard InChI is InChI=1S/C13H13BrFN3S/c1-18-11(16-17-12(18)19)13(6-10(15)7-13)8-3-2-4-9(14)5-8/h2-5,10H,6-7H2,1H3,(H,17,19)/t10-,13+. The number of alkyl halides is 1. The Morgan fingerprint density at radius 2 is 2.16 bits per heavy atom. The minimum Gasteiger partial charge on any atom is -0.309 e. The average molecular weight is 342 g/mol. The highest BCUT2D eigenvalue weighted by atomic mass is 79.9. The molecule has 0 saturated heterocycles. The zero-order chi connectivity index (χ0) is 13.6. The quantitative estimate of drug-likeness (QED) is 0.849. The highest BCUT2D eigenvalue weighted by Gasteiger charge is 2.50. The molecule has 1 fully saturated rings. The molecule has 3 rings (SSSR count). The molecule has 1 aromatic heterocycles. The SMILES string of the molecule is Cn1c(S)nnc1[C@]1(c2cccc(Br)c2)C[C@H](F)C1. The van der Waals surface area contributed by atoms with Gasteiger partial charge >= 0.3 is 0 Å². The molecule has 0 aliphatic heterocycles. The smallest absolute Gasteiger partial charge is 0.187 e. The summed E-state index contributed by atoms with van der Waals surface area (Å²) in [4.78, 5) is 0. The first-order valence-corrected chi connectivity index (χ1v) is 7.26. The lowest BCUT2D eigenvalue weighted by Gasteiger charge is -2.43. The van der Waals surface area contributed by atoms with Crippen LogP contribution in [-0.2, 0) is 12.5 Å². The summed E-state index contributed by atoms with van der Waals surface area (Å²) in [5.74, 6) is 0.782. The molecule has 0 spiro atoms. The Labute approximate surface area is 124 Å². The first-order valence-electron chi connectivity index (χ1n) is 6.02. The number of nitrogens with zero attached hydrogens (tertiary/aromatic N) is 3. The second kappa shape index (κ2) is 4.59. The van der Waals surface area contributed by atoms with Gasteiger partial charge in [0.15, 0.2) is 5.16 Å². The third-order valence-electron chi connectivity index (χ3n) is 3.80. The van der Waals surface area contributed by atoms with E-state index in [1.807, 2.05) is 35.9 Å². The van der Waals surface area contributed by atoms with Gasteiger partial charge in [-0.1, -0.05) is 28.1 Å². The van der Waals surface area contributed by atoms with Gasteiger partial charge < -0.3 is 4.57 Å². The molecule has 1 saturated carbocycles. The van der Waals surface area contributed by atoms with Crippen molar-refractivity contribution in [2.45, 2.75) is 29.6 Å². The molecular formula is C13H13BrFN3S. The zero-order valence-electron chi connectivity index (χ0n) is 10.3. The van der Waals surface area contributed by atoms with Gasteiger partial charge in [-0.2, -0.15) is 0 Å². The van der Waals surface area contributed by atoms with Crippen molar-refractivity contribution in [1.29, 1.82) is 0 Å². The maximum absolute atomic E-state index is 13.5. The summed E-state index contributed by atoms with van der Waals surface area (Å²) in [7, 11) is 1.86. The van der Waals surface area contributed by atoms with Gasteiger partial charge in [0.1, 0.15) is 12.0 Å². The van der Waals surface area contributed by atoms with Crippen molar-refractivity contribution in [3.8, 4) is 0 Å². The summed E-state index contributed by atoms with van der Waals surface area (Å²) in [6, 6.07) is 7.97. The van der Waals surface area contributed by atoms with Crippen molar-refractivity contribution >= 4 is 28.6 Å². The van der Waals surface area contributed by atoms with Crippen LogP contribution >= 0.6 is 28.6 Å². The number of thiol groups is 1. The van der Waals surface area contributed by atoms with Crippen LogP contribution in [0.1, 0.15) is 24.2 Å². The Hall–Kier alpha value is -0.880. The molecule has 100 valence electrons. The lowest BCUT2D eigenvalue weighted by molar-refractivity contribution is 0.114. The summed E-state index contributed by atoms with van der Waals surface area (Å²) in [6.45, 7) is 0. The fourth-order valence-corrected chi connectivity index (χ4v) is 3.31. The molecule has 0 radical (unpaired) electrons. The number of hydrogen-bond acceptors (Lipinski definition) is 3. The number of halogens is 2. The zero-order valence-corrected chi connectivity index (χ0v) is 12.8. The van der Waals surface area contributed by atoms with E-state index in [4.69, 9.17) is 0 Å². The summed E-state index contributed by atoms with van der Waals surface area (Å²) < 4.78 is 16.3. The lowest BCUT2D eigenvalue weighted by atomic mass is 9.62. The Bertz CT molecular complexity index is 622. The number of hydrogen-bond donors (Lipinski definition) is 1. The highest BCUT2D eigenvalue weighted by molar-refractivity contribution is 9.10. The van der Waals surface area contributed by atoms with Crippen LogP contribution in [0.3, 0.4) is 0 Å². The van der Waals surface area contributed by atoms with Crippen molar-refractivity contribution in [3.63, 3.8) is 0 Å². The Morgan fingerprint density at radius 1 is 1.42 bits per heavy atom. The molecule has 6 heteroatoms. The minimum atomic E-state index is -0.779. The lowest BCUT2D eigenvalue weighted by Crippen LogP contribution is -2.45. The molecule has 0 bridgehead atoms. The summed E-state index contributed by atoms with van der Waals surface area (Å²) in [5.41, 5.74) is 0.686. The molecule has 0 atom stereocenters. The van der Waals surface area contributed by atoms with Crippen LogP contribution < -0.4 is 0 Å². The van der Waals surface area contributed by atoms with Crippen LogP contribution in [-0.4, -0.2) is 20.9 Å². The Kier molecular flexibility index (Phi) is 3.17. The van der Waals surface area contributed by atoms with E-state index in [2.05, 4.69) is 38.8 Å². The molecule has 0 N–H and O–H groups in total. The van der Waals surface area contributed by atoms with Crippen LogP contribution in [0.5, 0.6) is 0 Å². The van der Waals surface area contributed by atoms with Gasteiger partial charge in [0.05, 0.1) is 5.41 Å². The minimum absolute atomic E-state index is 0.383. The van der Waals surface area contributed by atoms with E-state index in [0.29, 0.717) is 18.0 Å². The van der Waals surface area contributed by atoms with Gasteiger partial charge in [0, 0.05) is 11.5 Å². The maximum atomic E-state index is 13.5. The first kappa shape index (κ1) is 13.1. The van der Waals surface area contributed by atoms with E-state index >= 15 is 0 Å². The van der Waals surface area contributed by atoms with Crippen LogP contribution in [0, 0.1) is 0 Å². The number of benzene rings is 1. The molecule has 2 aromatic rings. The van der Waals surface area contributed by atoms with Crippen molar-refractivity contribution in [2.24, 2.45) is 7.05 Å². The fraction of sp³-hybridized carbons (Fsp3) is 0.385. The maximum Gasteiger partial charge on any atom is 0.187 e. The van der Waals surface area contributed by atoms with E-state index in [9.17, 15) is 4.39 Å². The molecule has 1 aliphatic rings. The van der Waals surface area contributed by atoms with Crippen LogP contribution in [0.15, 0.2) is 33.9 Å². The molecule has 1 aromatic carbocycles. The molecule has 1 heterocycles. The topological polar surface area (TPSA) is 30.7 Å². The molecular weight excluding hydrogens is 329 g/mol. The predicted molar refractivity (Wildman–Crippen MR) is 77.3 cm³/mol. The summed E-state index contributed by atoms with van der Waals surface area (Å²) in [6.07, 6.45) is 0.117. The van der Waals surface area contributed by atoms with Crippen molar-refractivity contribution in [2.75, 3.05) is 0 Å². The van der Waals surface area contributed by atoms with Gasteiger partial charge in [-0.05, 0) is 30.5 Å². The predicted octanol–water partition coefficient (Wildman–Crippen LogP) is 3.28. The van der Waals surface area contributed by atoms with Crippen LogP contribution in [0.2, 0.25) is 0 Å². The van der Waals surface area contributed by atoms with Gasteiger partial charge in [-0.3, -0.25) is 0 Å². The van der Waals surface area contributed by atoms with E-state index in [0.717, 1.165) is 15.9 Å². The molecule has 0 unspecified atom stereocenters. The van der Waals surface area contributed by atoms with E-state index in [1.165, 1.54) is 0 Å². The fourth-order valence-electron chi connectivity index (χ4n) is 2.77. The molecule has 19 heavy (non-hydrogen) atoms. The second-order valence-corrected chi connectivity index (χ2v) is 6.30. The third-order valence-corrected chi connectivity index (χ3v) is 4.68. The second-order valence-electron chi connectivity index (χ2n) is 4.98. The van der Waals surface area contributed by atoms with Crippen molar-refractivity contribution in [3.05, 3.63) is 40.1 Å². The van der Waals surface area contributed by atoms with E-state index in [1.54, 1.807) is 0 Å². The van der Waals surface area contributed by atoms with Crippen LogP contribution in [0.25, 0.3) is 0 Å². The van der Waals surface area contributed by atoms with E-state index < -0.39 is 6.17 Å². The Balaban J connectivity index is 2.13. The highest BCUT2D eigenvalue weighted by Crippen LogP contribution is 2.50. The molecule has 3 nitrogen and oxygen atoms in total. The average Bonchev–Trinajstić information content (AvgIpc) is 2.66. The van der Waals surface area contributed by atoms with Crippen molar-refractivity contribution in [1.82, 2.24) is 14.8 Å². The van der Waals surface area contributed by atoms with Gasteiger partial charge in [-0.25, -0.2) is 4.39 Å². The molecule has 1 aliphatic carbocycles. The number of rotatable bonds is 2. The largest absolute Gasteiger partial charge is 0.309 e. The van der Waals surface area contributed by atoms with Crippen molar-refractivity contribution < 1.29 is 4.39 Å². The third kappa shape index (κ3) is 2.01. The summed E-state index contributed by atoms with van der Waals surface area (Å²) in [5, 5.41) is 8.73. The van der Waals surface area contributed by atoms with Gasteiger partial charge in [-0.15, -0.1) is 22.8 Å².